The highest BCUT2D eigenvalue weighted by Crippen LogP contribution is 2.19. The molecule has 0 aromatic carbocycles. The van der Waals surface area contributed by atoms with Crippen molar-refractivity contribution in [3.8, 4) is 0 Å². The van der Waals surface area contributed by atoms with Gasteiger partial charge in [-0.15, -0.1) is 0 Å². The maximum atomic E-state index is 12.3. The van der Waals surface area contributed by atoms with Gasteiger partial charge in [0.15, 0.2) is 0 Å². The van der Waals surface area contributed by atoms with Crippen molar-refractivity contribution in [2.75, 3.05) is 13.1 Å². The van der Waals surface area contributed by atoms with Crippen molar-refractivity contribution in [2.45, 2.75) is 26.1 Å². The number of aryl methyl sites for hydroxylation is 1. The second kappa shape index (κ2) is 4.66. The number of hydrogen-bond donors (Lipinski definition) is 0. The molecule has 1 aliphatic heterocycles. The van der Waals surface area contributed by atoms with Gasteiger partial charge in [0.05, 0.1) is 23.4 Å². The quantitative estimate of drug-likeness (QED) is 0.762. The Labute approximate surface area is 105 Å². The highest BCUT2D eigenvalue weighted by molar-refractivity contribution is 6.33. The lowest BCUT2D eigenvalue weighted by Crippen LogP contribution is -2.48. The number of carbonyl (C=O) groups is 1. The lowest BCUT2D eigenvalue weighted by Gasteiger charge is -2.35. The summed E-state index contributed by atoms with van der Waals surface area (Å²) in [6, 6.07) is 0. The van der Waals surface area contributed by atoms with E-state index in [1.807, 2.05) is 13.8 Å². The van der Waals surface area contributed by atoms with Gasteiger partial charge in [0, 0.05) is 20.1 Å². The molecule has 6 heteroatoms. The standard InChI is InChI=1S/C11H16ClN3O2/c1-7-5-15(6-8(2)17-7)11(16)10-9(12)4-13-14(10)3/h4,7-8H,5-6H2,1-3H3/t7-,8-/m0/s1. The predicted molar refractivity (Wildman–Crippen MR) is 64.1 cm³/mol. The van der Waals surface area contributed by atoms with Crippen LogP contribution >= 0.6 is 11.6 Å². The summed E-state index contributed by atoms with van der Waals surface area (Å²) in [6.07, 6.45) is 1.59. The van der Waals surface area contributed by atoms with Gasteiger partial charge in [-0.2, -0.15) is 5.10 Å². The first-order valence-electron chi connectivity index (χ1n) is 5.61. The Morgan fingerprint density at radius 3 is 2.53 bits per heavy atom. The average Bonchev–Trinajstić information content (AvgIpc) is 2.56. The van der Waals surface area contributed by atoms with Crippen molar-refractivity contribution in [2.24, 2.45) is 7.05 Å². The van der Waals surface area contributed by atoms with E-state index in [1.165, 1.54) is 10.9 Å². The van der Waals surface area contributed by atoms with Gasteiger partial charge in [0.1, 0.15) is 5.69 Å². The molecule has 5 nitrogen and oxygen atoms in total. The number of ether oxygens (including phenoxy) is 1. The van der Waals surface area contributed by atoms with E-state index in [2.05, 4.69) is 5.10 Å². The number of hydrogen-bond acceptors (Lipinski definition) is 3. The third-order valence-electron chi connectivity index (χ3n) is 2.80. The number of amides is 1. The lowest BCUT2D eigenvalue weighted by atomic mass is 10.2. The molecule has 0 aliphatic carbocycles. The summed E-state index contributed by atoms with van der Waals surface area (Å²) in [5.74, 6) is -0.0861. The van der Waals surface area contributed by atoms with Crippen LogP contribution in [-0.2, 0) is 11.8 Å². The van der Waals surface area contributed by atoms with Gasteiger partial charge in [-0.3, -0.25) is 9.48 Å². The molecule has 2 atom stereocenters. The Morgan fingerprint density at radius 2 is 2.06 bits per heavy atom. The molecule has 1 fully saturated rings. The molecule has 0 spiro atoms. The van der Waals surface area contributed by atoms with Crippen LogP contribution < -0.4 is 0 Å². The second-order valence-corrected chi connectivity index (χ2v) is 4.84. The minimum Gasteiger partial charge on any atom is -0.372 e. The maximum Gasteiger partial charge on any atom is 0.273 e. The van der Waals surface area contributed by atoms with Crippen LogP contribution in [0.15, 0.2) is 6.20 Å². The molecule has 0 N–H and O–H groups in total. The smallest absolute Gasteiger partial charge is 0.273 e. The summed E-state index contributed by atoms with van der Waals surface area (Å²) in [6.45, 7) is 5.09. The normalized spacial score (nSPS) is 25.1. The van der Waals surface area contributed by atoms with Crippen molar-refractivity contribution in [1.29, 1.82) is 0 Å². The Bertz CT molecular complexity index is 403. The summed E-state index contributed by atoms with van der Waals surface area (Å²) >= 11 is 5.97. The van der Waals surface area contributed by atoms with Crippen molar-refractivity contribution in [3.05, 3.63) is 16.9 Å². The van der Waals surface area contributed by atoms with Gasteiger partial charge in [0.2, 0.25) is 0 Å². The molecule has 1 saturated heterocycles. The largest absolute Gasteiger partial charge is 0.372 e. The van der Waals surface area contributed by atoms with Crippen molar-refractivity contribution in [1.82, 2.24) is 14.7 Å². The van der Waals surface area contributed by atoms with Crippen LogP contribution in [0.4, 0.5) is 0 Å². The Kier molecular flexibility index (Phi) is 3.40. The van der Waals surface area contributed by atoms with E-state index in [4.69, 9.17) is 16.3 Å². The van der Waals surface area contributed by atoms with Gasteiger partial charge in [-0.1, -0.05) is 11.6 Å². The number of morpholine rings is 1. The summed E-state index contributed by atoms with van der Waals surface area (Å²) < 4.78 is 7.10. The molecule has 1 aromatic rings. The SMILES string of the molecule is C[C@H]1CN(C(=O)c2c(Cl)cnn2C)C[C@H](C)O1. The molecule has 0 radical (unpaired) electrons. The first-order chi connectivity index (χ1) is 7.99. The van der Waals surface area contributed by atoms with Crippen LogP contribution in [-0.4, -0.2) is 45.9 Å². The molecule has 1 aromatic heterocycles. The predicted octanol–water partition coefficient (Wildman–Crippen LogP) is 1.32. The summed E-state index contributed by atoms with van der Waals surface area (Å²) in [7, 11) is 1.71. The molecule has 17 heavy (non-hydrogen) atoms. The fraction of sp³-hybridized carbons (Fsp3) is 0.636. The lowest BCUT2D eigenvalue weighted by molar-refractivity contribution is -0.0588. The average molecular weight is 258 g/mol. The van der Waals surface area contributed by atoms with Crippen molar-refractivity contribution in [3.63, 3.8) is 0 Å². The zero-order valence-corrected chi connectivity index (χ0v) is 10.9. The van der Waals surface area contributed by atoms with E-state index in [-0.39, 0.29) is 18.1 Å². The minimum atomic E-state index is -0.0861. The molecule has 2 heterocycles. The van der Waals surface area contributed by atoms with E-state index < -0.39 is 0 Å². The third kappa shape index (κ3) is 2.45. The zero-order chi connectivity index (χ0) is 12.6. The fourth-order valence-electron chi connectivity index (χ4n) is 2.14. The Hall–Kier alpha value is -1.07. The minimum absolute atomic E-state index is 0.0507. The molecular weight excluding hydrogens is 242 g/mol. The number of carbonyl (C=O) groups excluding carboxylic acids is 1. The molecule has 1 amide bonds. The Balaban J connectivity index is 2.20. The first-order valence-corrected chi connectivity index (χ1v) is 5.99. The third-order valence-corrected chi connectivity index (χ3v) is 3.08. The molecule has 94 valence electrons. The van der Waals surface area contributed by atoms with E-state index in [0.717, 1.165) is 0 Å². The number of rotatable bonds is 1. The fourth-order valence-corrected chi connectivity index (χ4v) is 2.39. The Morgan fingerprint density at radius 1 is 1.47 bits per heavy atom. The van der Waals surface area contributed by atoms with Crippen LogP contribution in [0.1, 0.15) is 24.3 Å². The molecule has 0 bridgehead atoms. The topological polar surface area (TPSA) is 47.4 Å². The zero-order valence-electron chi connectivity index (χ0n) is 10.2. The first kappa shape index (κ1) is 12.4. The van der Waals surface area contributed by atoms with Gasteiger partial charge in [0.25, 0.3) is 5.91 Å². The van der Waals surface area contributed by atoms with Crippen LogP contribution in [0.5, 0.6) is 0 Å². The van der Waals surface area contributed by atoms with Crippen LogP contribution in [0.2, 0.25) is 5.02 Å². The molecule has 1 aliphatic rings. The van der Waals surface area contributed by atoms with E-state index in [0.29, 0.717) is 23.8 Å². The molecule has 2 rings (SSSR count). The van der Waals surface area contributed by atoms with Gasteiger partial charge in [-0.05, 0) is 13.8 Å². The second-order valence-electron chi connectivity index (χ2n) is 4.43. The van der Waals surface area contributed by atoms with Crippen LogP contribution in [0.25, 0.3) is 0 Å². The molecule has 0 saturated carbocycles. The highest BCUT2D eigenvalue weighted by atomic mass is 35.5. The summed E-state index contributed by atoms with van der Waals surface area (Å²) in [4.78, 5) is 14.1. The highest BCUT2D eigenvalue weighted by Gasteiger charge is 2.29. The monoisotopic (exact) mass is 257 g/mol. The summed E-state index contributed by atoms with van der Waals surface area (Å²) in [5, 5.41) is 4.37. The van der Waals surface area contributed by atoms with Gasteiger partial charge < -0.3 is 9.64 Å². The molecule has 0 unspecified atom stereocenters. The maximum absolute atomic E-state index is 12.3. The van der Waals surface area contributed by atoms with Crippen molar-refractivity contribution < 1.29 is 9.53 Å². The van der Waals surface area contributed by atoms with E-state index in [1.54, 1.807) is 11.9 Å². The number of aromatic nitrogens is 2. The van der Waals surface area contributed by atoms with Crippen LogP contribution in [0.3, 0.4) is 0 Å². The van der Waals surface area contributed by atoms with Gasteiger partial charge >= 0.3 is 0 Å². The van der Waals surface area contributed by atoms with Gasteiger partial charge in [-0.25, -0.2) is 0 Å². The van der Waals surface area contributed by atoms with E-state index in [9.17, 15) is 4.79 Å². The van der Waals surface area contributed by atoms with Crippen LogP contribution in [0, 0.1) is 0 Å². The molecular formula is C11H16ClN3O2. The van der Waals surface area contributed by atoms with Crippen molar-refractivity contribution >= 4 is 17.5 Å². The number of halogens is 1. The van der Waals surface area contributed by atoms with E-state index >= 15 is 0 Å². The number of nitrogens with zero attached hydrogens (tertiary/aromatic N) is 3. The summed E-state index contributed by atoms with van der Waals surface area (Å²) in [5.41, 5.74) is 0.438.